The molecule has 0 aromatic rings. The SMILES string of the molecule is COC(CC1(CCl)CC1)C(C)C. The standard InChI is InChI=1S/C10H19ClO/c1-8(2)9(12-3)6-10(7-11)4-5-10/h8-9H,4-7H2,1-3H3. The van der Waals surface area contributed by atoms with Crippen LogP contribution in [0.5, 0.6) is 0 Å². The molecule has 0 bridgehead atoms. The van der Waals surface area contributed by atoms with E-state index in [0.717, 1.165) is 12.3 Å². The molecule has 0 aliphatic heterocycles. The van der Waals surface area contributed by atoms with Crippen LogP contribution < -0.4 is 0 Å². The van der Waals surface area contributed by atoms with E-state index in [9.17, 15) is 0 Å². The van der Waals surface area contributed by atoms with Gasteiger partial charge in [0.2, 0.25) is 0 Å². The van der Waals surface area contributed by atoms with Crippen LogP contribution in [0.25, 0.3) is 0 Å². The Kier molecular flexibility index (Phi) is 3.42. The van der Waals surface area contributed by atoms with E-state index in [1.54, 1.807) is 7.11 Å². The molecule has 2 heteroatoms. The molecule has 1 nitrogen and oxygen atoms in total. The van der Waals surface area contributed by atoms with Gasteiger partial charge in [-0.25, -0.2) is 0 Å². The molecule has 0 saturated heterocycles. The lowest BCUT2D eigenvalue weighted by atomic mass is 9.94. The third-order valence-electron chi connectivity index (χ3n) is 2.92. The molecule has 1 rings (SSSR count). The summed E-state index contributed by atoms with van der Waals surface area (Å²) in [7, 11) is 1.80. The Bertz CT molecular complexity index is 141. The van der Waals surface area contributed by atoms with Crippen molar-refractivity contribution in [3.05, 3.63) is 0 Å². The van der Waals surface area contributed by atoms with Crippen LogP contribution in [0.3, 0.4) is 0 Å². The maximum Gasteiger partial charge on any atom is 0.0599 e. The fourth-order valence-corrected chi connectivity index (χ4v) is 1.96. The van der Waals surface area contributed by atoms with Crippen LogP contribution in [0.2, 0.25) is 0 Å². The topological polar surface area (TPSA) is 9.23 Å². The Morgan fingerprint density at radius 2 is 2.00 bits per heavy atom. The second kappa shape index (κ2) is 3.97. The van der Waals surface area contributed by atoms with Gasteiger partial charge in [-0.15, -0.1) is 11.6 Å². The van der Waals surface area contributed by atoms with Crippen molar-refractivity contribution in [2.45, 2.75) is 39.2 Å². The molecule has 1 saturated carbocycles. The van der Waals surface area contributed by atoms with Crippen LogP contribution in [0, 0.1) is 11.3 Å². The molecule has 0 aromatic carbocycles. The monoisotopic (exact) mass is 190 g/mol. The zero-order chi connectivity index (χ0) is 9.19. The first-order valence-corrected chi connectivity index (χ1v) is 5.26. The summed E-state index contributed by atoms with van der Waals surface area (Å²) in [5, 5.41) is 0. The highest BCUT2D eigenvalue weighted by Gasteiger charge is 2.43. The highest BCUT2D eigenvalue weighted by Crippen LogP contribution is 2.51. The second-order valence-corrected chi connectivity index (χ2v) is 4.62. The van der Waals surface area contributed by atoms with E-state index in [1.165, 1.54) is 12.8 Å². The van der Waals surface area contributed by atoms with E-state index in [1.807, 2.05) is 0 Å². The molecule has 0 aromatic heterocycles. The first kappa shape index (κ1) is 10.3. The Balaban J connectivity index is 2.37. The smallest absolute Gasteiger partial charge is 0.0599 e. The molecule has 0 spiro atoms. The third kappa shape index (κ3) is 2.37. The molecule has 1 fully saturated rings. The Morgan fingerprint density at radius 3 is 2.25 bits per heavy atom. The highest BCUT2D eigenvalue weighted by atomic mass is 35.5. The number of hydrogen-bond acceptors (Lipinski definition) is 1. The zero-order valence-corrected chi connectivity index (χ0v) is 9.03. The van der Waals surface area contributed by atoms with E-state index >= 15 is 0 Å². The lowest BCUT2D eigenvalue weighted by Crippen LogP contribution is -2.23. The van der Waals surface area contributed by atoms with Gasteiger partial charge in [0.1, 0.15) is 0 Å². The number of halogens is 1. The van der Waals surface area contributed by atoms with Gasteiger partial charge >= 0.3 is 0 Å². The van der Waals surface area contributed by atoms with Gasteiger partial charge in [-0.3, -0.25) is 0 Å². The minimum absolute atomic E-state index is 0.395. The predicted molar refractivity (Wildman–Crippen MR) is 52.6 cm³/mol. The van der Waals surface area contributed by atoms with E-state index in [-0.39, 0.29) is 0 Å². The van der Waals surface area contributed by atoms with E-state index < -0.39 is 0 Å². The molecular weight excluding hydrogens is 172 g/mol. The average molecular weight is 191 g/mol. The zero-order valence-electron chi connectivity index (χ0n) is 8.27. The Hall–Kier alpha value is 0.250. The maximum absolute atomic E-state index is 5.91. The summed E-state index contributed by atoms with van der Waals surface area (Å²) >= 11 is 5.91. The van der Waals surface area contributed by atoms with E-state index in [2.05, 4.69) is 13.8 Å². The van der Waals surface area contributed by atoms with Gasteiger partial charge in [-0.2, -0.15) is 0 Å². The van der Waals surface area contributed by atoms with Crippen molar-refractivity contribution in [1.29, 1.82) is 0 Å². The lowest BCUT2D eigenvalue weighted by molar-refractivity contribution is 0.0435. The average Bonchev–Trinajstić information content (AvgIpc) is 2.80. The normalized spacial score (nSPS) is 22.8. The van der Waals surface area contributed by atoms with Crippen molar-refractivity contribution in [3.8, 4) is 0 Å². The molecule has 0 radical (unpaired) electrons. The summed E-state index contributed by atoms with van der Waals surface area (Å²) in [6.07, 6.45) is 4.13. The molecule has 0 amide bonds. The molecule has 1 atom stereocenters. The second-order valence-electron chi connectivity index (χ2n) is 4.36. The molecule has 72 valence electrons. The quantitative estimate of drug-likeness (QED) is 0.606. The Morgan fingerprint density at radius 1 is 1.42 bits per heavy atom. The molecule has 1 aliphatic rings. The summed E-state index contributed by atoms with van der Waals surface area (Å²) in [6.45, 7) is 4.41. The van der Waals surface area contributed by atoms with Crippen molar-refractivity contribution in [2.75, 3.05) is 13.0 Å². The lowest BCUT2D eigenvalue weighted by Gasteiger charge is -2.23. The summed E-state index contributed by atoms with van der Waals surface area (Å²) in [4.78, 5) is 0. The van der Waals surface area contributed by atoms with Gasteiger partial charge in [0.15, 0.2) is 0 Å². The van der Waals surface area contributed by atoms with Crippen molar-refractivity contribution in [2.24, 2.45) is 11.3 Å². The van der Waals surface area contributed by atoms with Gasteiger partial charge in [0.05, 0.1) is 6.10 Å². The van der Waals surface area contributed by atoms with Gasteiger partial charge in [-0.05, 0) is 30.6 Å². The molecule has 1 unspecified atom stereocenters. The third-order valence-corrected chi connectivity index (χ3v) is 3.49. The van der Waals surface area contributed by atoms with Crippen LogP contribution in [-0.2, 0) is 4.74 Å². The highest BCUT2D eigenvalue weighted by molar-refractivity contribution is 6.18. The fraction of sp³-hybridized carbons (Fsp3) is 1.00. The molecule has 0 heterocycles. The van der Waals surface area contributed by atoms with Crippen molar-refractivity contribution in [1.82, 2.24) is 0 Å². The first-order chi connectivity index (χ1) is 5.63. The molecule has 1 aliphatic carbocycles. The Labute approximate surface area is 80.4 Å². The number of alkyl halides is 1. The molecule has 0 N–H and O–H groups in total. The molecular formula is C10H19ClO. The van der Waals surface area contributed by atoms with Crippen molar-refractivity contribution in [3.63, 3.8) is 0 Å². The predicted octanol–water partition coefficient (Wildman–Crippen LogP) is 3.07. The minimum atomic E-state index is 0.395. The summed E-state index contributed by atoms with van der Waals surface area (Å²) in [6, 6.07) is 0. The van der Waals surface area contributed by atoms with Gasteiger partial charge in [-0.1, -0.05) is 13.8 Å². The number of rotatable bonds is 5. The fourth-order valence-electron chi connectivity index (χ4n) is 1.59. The van der Waals surface area contributed by atoms with E-state index in [0.29, 0.717) is 17.4 Å². The van der Waals surface area contributed by atoms with Crippen LogP contribution in [0.1, 0.15) is 33.1 Å². The van der Waals surface area contributed by atoms with Crippen molar-refractivity contribution < 1.29 is 4.74 Å². The van der Waals surface area contributed by atoms with Gasteiger partial charge in [0, 0.05) is 13.0 Å². The largest absolute Gasteiger partial charge is 0.381 e. The van der Waals surface area contributed by atoms with Crippen LogP contribution in [0.15, 0.2) is 0 Å². The maximum atomic E-state index is 5.91. The number of methoxy groups -OCH3 is 1. The van der Waals surface area contributed by atoms with Crippen LogP contribution in [-0.4, -0.2) is 19.1 Å². The van der Waals surface area contributed by atoms with E-state index in [4.69, 9.17) is 16.3 Å². The number of hydrogen-bond donors (Lipinski definition) is 0. The van der Waals surface area contributed by atoms with Crippen LogP contribution >= 0.6 is 11.6 Å². The van der Waals surface area contributed by atoms with Crippen LogP contribution in [0.4, 0.5) is 0 Å². The summed E-state index contributed by atoms with van der Waals surface area (Å²) in [5.74, 6) is 1.41. The summed E-state index contributed by atoms with van der Waals surface area (Å²) in [5.41, 5.74) is 0.437. The van der Waals surface area contributed by atoms with Gasteiger partial charge in [0.25, 0.3) is 0 Å². The summed E-state index contributed by atoms with van der Waals surface area (Å²) < 4.78 is 5.43. The minimum Gasteiger partial charge on any atom is -0.381 e. The first-order valence-electron chi connectivity index (χ1n) is 4.72. The van der Waals surface area contributed by atoms with Gasteiger partial charge < -0.3 is 4.74 Å². The number of ether oxygens (including phenoxy) is 1. The molecule has 12 heavy (non-hydrogen) atoms. The van der Waals surface area contributed by atoms with Crippen molar-refractivity contribution >= 4 is 11.6 Å².